The summed E-state index contributed by atoms with van der Waals surface area (Å²) in [4.78, 5) is 24.9. The number of nitrogens with zero attached hydrogens (tertiary/aromatic N) is 1. The fraction of sp³-hybridized carbons (Fsp3) is 0.429. The Hall–Kier alpha value is -1.88. The minimum atomic E-state index is -0.565. The van der Waals surface area contributed by atoms with Gasteiger partial charge in [0.05, 0.1) is 7.11 Å². The third-order valence-corrected chi connectivity index (χ3v) is 2.72. The highest BCUT2D eigenvalue weighted by Gasteiger charge is 2.16. The number of ketones is 1. The van der Waals surface area contributed by atoms with Gasteiger partial charge in [0.2, 0.25) is 0 Å². The maximum atomic E-state index is 11.9. The number of aryl methyl sites for hydroxylation is 1. The molecule has 1 aromatic carbocycles. The summed E-state index contributed by atoms with van der Waals surface area (Å²) in [5, 5.41) is 9.95. The summed E-state index contributed by atoms with van der Waals surface area (Å²) < 4.78 is 4.47. The van der Waals surface area contributed by atoms with Crippen molar-refractivity contribution < 1.29 is 19.4 Å². The molecule has 1 N–H and O–H groups in total. The minimum Gasteiger partial charge on any atom is -0.507 e. The third-order valence-electron chi connectivity index (χ3n) is 2.72. The molecule has 5 heteroatoms. The van der Waals surface area contributed by atoms with Crippen LogP contribution in [0.4, 0.5) is 0 Å². The van der Waals surface area contributed by atoms with Crippen LogP contribution >= 0.6 is 0 Å². The van der Waals surface area contributed by atoms with Crippen LogP contribution in [0.25, 0.3) is 0 Å². The molecule has 0 saturated heterocycles. The van der Waals surface area contributed by atoms with Gasteiger partial charge >= 0.3 is 5.97 Å². The first-order valence-electron chi connectivity index (χ1n) is 5.92. The van der Waals surface area contributed by atoms with E-state index in [0.29, 0.717) is 23.2 Å². The van der Waals surface area contributed by atoms with Gasteiger partial charge < -0.3 is 14.7 Å². The van der Waals surface area contributed by atoms with E-state index in [2.05, 4.69) is 4.74 Å². The van der Waals surface area contributed by atoms with Crippen molar-refractivity contribution in [2.45, 2.75) is 19.9 Å². The van der Waals surface area contributed by atoms with E-state index >= 15 is 0 Å². The largest absolute Gasteiger partial charge is 0.507 e. The maximum absolute atomic E-state index is 11.9. The highest BCUT2D eigenvalue weighted by atomic mass is 16.5. The predicted molar refractivity (Wildman–Crippen MR) is 71.2 cm³/mol. The summed E-state index contributed by atoms with van der Waals surface area (Å²) in [5.41, 5.74) is 1.70. The zero-order chi connectivity index (χ0) is 14.6. The van der Waals surface area contributed by atoms with Crippen LogP contribution in [0, 0.1) is 6.92 Å². The summed E-state index contributed by atoms with van der Waals surface area (Å²) in [6.45, 7) is 2.25. The van der Waals surface area contributed by atoms with Crippen LogP contribution < -0.4 is 0 Å². The molecule has 0 unspecified atom stereocenters. The summed E-state index contributed by atoms with van der Waals surface area (Å²) in [7, 11) is 4.99. The van der Waals surface area contributed by atoms with Crippen molar-refractivity contribution in [3.63, 3.8) is 0 Å². The standard InChI is InChI=1S/C14H19NO4/c1-9-5-10(12(16)7-13(17)19-4)6-11(14(9)18)8-15(2)3/h5-6,18H,7-8H2,1-4H3. The number of hydrogen-bond acceptors (Lipinski definition) is 5. The number of rotatable bonds is 5. The second kappa shape index (κ2) is 6.33. The van der Waals surface area contributed by atoms with E-state index in [1.807, 2.05) is 19.0 Å². The van der Waals surface area contributed by atoms with Crippen molar-refractivity contribution in [1.29, 1.82) is 0 Å². The molecule has 0 spiro atoms. The number of benzene rings is 1. The number of esters is 1. The Balaban J connectivity index is 3.05. The molecule has 5 nitrogen and oxygen atoms in total. The summed E-state index contributed by atoms with van der Waals surface area (Å²) in [6.07, 6.45) is -0.290. The number of phenolic OH excluding ortho intramolecular Hbond substituents is 1. The Morgan fingerprint density at radius 2 is 1.95 bits per heavy atom. The zero-order valence-electron chi connectivity index (χ0n) is 11.7. The van der Waals surface area contributed by atoms with Gasteiger partial charge in [-0.15, -0.1) is 0 Å². The number of phenols is 1. The first-order chi connectivity index (χ1) is 8.85. The van der Waals surface area contributed by atoms with Gasteiger partial charge in [-0.3, -0.25) is 9.59 Å². The van der Waals surface area contributed by atoms with Crippen molar-refractivity contribution in [2.75, 3.05) is 21.2 Å². The average molecular weight is 265 g/mol. The molecule has 19 heavy (non-hydrogen) atoms. The number of ether oxygens (including phenoxy) is 1. The van der Waals surface area contributed by atoms with Gasteiger partial charge in [-0.05, 0) is 38.7 Å². The molecule has 104 valence electrons. The molecule has 0 saturated carbocycles. The lowest BCUT2D eigenvalue weighted by Gasteiger charge is -2.14. The summed E-state index contributed by atoms with van der Waals surface area (Å²) in [5.74, 6) is -0.692. The Morgan fingerprint density at radius 3 is 2.47 bits per heavy atom. The highest BCUT2D eigenvalue weighted by molar-refractivity contribution is 6.06. The molecule has 0 heterocycles. The molecule has 0 fully saturated rings. The monoisotopic (exact) mass is 265 g/mol. The molecular formula is C14H19NO4. The van der Waals surface area contributed by atoms with E-state index in [0.717, 1.165) is 0 Å². The first-order valence-corrected chi connectivity index (χ1v) is 5.92. The van der Waals surface area contributed by atoms with E-state index in [1.54, 1.807) is 19.1 Å². The van der Waals surface area contributed by atoms with Gasteiger partial charge in [-0.1, -0.05) is 0 Å². The fourth-order valence-electron chi connectivity index (χ4n) is 1.78. The van der Waals surface area contributed by atoms with Gasteiger partial charge in [-0.2, -0.15) is 0 Å². The van der Waals surface area contributed by atoms with Crippen LogP contribution in [-0.2, 0) is 16.1 Å². The number of methoxy groups -OCH3 is 1. The lowest BCUT2D eigenvalue weighted by molar-refractivity contribution is -0.139. The molecule has 0 bridgehead atoms. The quantitative estimate of drug-likeness (QED) is 0.496. The molecular weight excluding hydrogens is 246 g/mol. The lowest BCUT2D eigenvalue weighted by atomic mass is 10.0. The summed E-state index contributed by atoms with van der Waals surface area (Å²) >= 11 is 0. The Kier molecular flexibility index (Phi) is 5.06. The van der Waals surface area contributed by atoms with Gasteiger partial charge in [0.25, 0.3) is 0 Å². The first kappa shape index (κ1) is 15.2. The van der Waals surface area contributed by atoms with Crippen LogP contribution in [0.5, 0.6) is 5.75 Å². The van der Waals surface area contributed by atoms with Crippen molar-refractivity contribution in [3.8, 4) is 5.75 Å². The Bertz CT molecular complexity index is 494. The van der Waals surface area contributed by atoms with E-state index in [4.69, 9.17) is 0 Å². The van der Waals surface area contributed by atoms with Crippen LogP contribution in [0.1, 0.15) is 27.9 Å². The summed E-state index contributed by atoms with van der Waals surface area (Å²) in [6, 6.07) is 3.20. The minimum absolute atomic E-state index is 0.184. The zero-order valence-corrected chi connectivity index (χ0v) is 11.7. The highest BCUT2D eigenvalue weighted by Crippen LogP contribution is 2.25. The molecule has 0 atom stereocenters. The van der Waals surface area contributed by atoms with E-state index in [1.165, 1.54) is 7.11 Å². The Morgan fingerprint density at radius 1 is 1.32 bits per heavy atom. The van der Waals surface area contributed by atoms with Crippen LogP contribution in [0.15, 0.2) is 12.1 Å². The molecule has 0 amide bonds. The molecule has 1 aromatic rings. The normalized spacial score (nSPS) is 10.6. The van der Waals surface area contributed by atoms with Crippen molar-refractivity contribution >= 4 is 11.8 Å². The van der Waals surface area contributed by atoms with Gasteiger partial charge in [0, 0.05) is 17.7 Å². The lowest BCUT2D eigenvalue weighted by Crippen LogP contribution is -2.13. The third kappa shape index (κ3) is 4.06. The van der Waals surface area contributed by atoms with Crippen LogP contribution in [0.3, 0.4) is 0 Å². The molecule has 0 aromatic heterocycles. The second-order valence-corrected chi connectivity index (χ2v) is 4.71. The van der Waals surface area contributed by atoms with Gasteiger partial charge in [-0.25, -0.2) is 0 Å². The topological polar surface area (TPSA) is 66.8 Å². The average Bonchev–Trinajstić information content (AvgIpc) is 2.33. The van der Waals surface area contributed by atoms with Gasteiger partial charge in [0.15, 0.2) is 5.78 Å². The molecule has 0 radical (unpaired) electrons. The second-order valence-electron chi connectivity index (χ2n) is 4.71. The Labute approximate surface area is 112 Å². The van der Waals surface area contributed by atoms with Gasteiger partial charge in [0.1, 0.15) is 12.2 Å². The van der Waals surface area contributed by atoms with Crippen LogP contribution in [0.2, 0.25) is 0 Å². The molecule has 0 aliphatic rings. The van der Waals surface area contributed by atoms with E-state index in [-0.39, 0.29) is 18.0 Å². The van der Waals surface area contributed by atoms with E-state index in [9.17, 15) is 14.7 Å². The smallest absolute Gasteiger partial charge is 0.313 e. The maximum Gasteiger partial charge on any atom is 0.313 e. The molecule has 0 aliphatic heterocycles. The number of aromatic hydroxyl groups is 1. The van der Waals surface area contributed by atoms with E-state index < -0.39 is 5.97 Å². The number of carbonyl (C=O) groups is 2. The van der Waals surface area contributed by atoms with Crippen molar-refractivity contribution in [1.82, 2.24) is 4.90 Å². The molecule has 1 rings (SSSR count). The number of hydrogen-bond donors (Lipinski definition) is 1. The molecule has 0 aliphatic carbocycles. The predicted octanol–water partition coefficient (Wildman–Crippen LogP) is 1.51. The number of carbonyl (C=O) groups excluding carboxylic acids is 2. The SMILES string of the molecule is COC(=O)CC(=O)c1cc(C)c(O)c(CN(C)C)c1. The fourth-order valence-corrected chi connectivity index (χ4v) is 1.78. The van der Waals surface area contributed by atoms with Crippen molar-refractivity contribution in [3.05, 3.63) is 28.8 Å². The van der Waals surface area contributed by atoms with Crippen LogP contribution in [-0.4, -0.2) is 43.0 Å². The van der Waals surface area contributed by atoms with Crippen molar-refractivity contribution in [2.24, 2.45) is 0 Å². The number of Topliss-reactive ketones (excluding diaryl/α,β-unsaturated/α-hetero) is 1.